The van der Waals surface area contributed by atoms with Gasteiger partial charge in [0.05, 0.1) is 33.2 Å². The molecule has 2 heterocycles. The van der Waals surface area contributed by atoms with Crippen LogP contribution in [0.2, 0.25) is 0 Å². The molecule has 1 fully saturated rings. The van der Waals surface area contributed by atoms with E-state index in [1.54, 1.807) is 13.2 Å². The fourth-order valence-corrected chi connectivity index (χ4v) is 5.68. The van der Waals surface area contributed by atoms with E-state index < -0.39 is 17.1 Å². The number of likely N-dealkylation sites (tertiary alicyclic amines) is 1. The van der Waals surface area contributed by atoms with Gasteiger partial charge in [-0.3, -0.25) is 4.79 Å². The number of aliphatic hydroxyl groups is 1. The first-order valence-corrected chi connectivity index (χ1v) is 8.50. The summed E-state index contributed by atoms with van der Waals surface area (Å²) in [6, 6.07) is 4.00. The fourth-order valence-electron chi connectivity index (χ4n) is 5.68. The Bertz CT molecular complexity index is 814. The summed E-state index contributed by atoms with van der Waals surface area (Å²) in [5.41, 5.74) is 0.423. The molecule has 0 radical (unpaired) electrons. The predicted molar refractivity (Wildman–Crippen MR) is 87.3 cm³/mol. The summed E-state index contributed by atoms with van der Waals surface area (Å²) in [4.78, 5) is 12.7. The van der Waals surface area contributed by atoms with Crippen LogP contribution in [0.3, 0.4) is 0 Å². The second-order valence-corrected chi connectivity index (χ2v) is 8.13. The molecule has 2 bridgehead atoms. The van der Waals surface area contributed by atoms with Gasteiger partial charge in [-0.15, -0.1) is 0 Å². The number of quaternary nitrogens is 1. The minimum absolute atomic E-state index is 0.00791. The van der Waals surface area contributed by atoms with Crippen LogP contribution in [0.5, 0.6) is 11.5 Å². The molecule has 4 unspecified atom stereocenters. The Hall–Kier alpha value is -1.85. The third kappa shape index (κ3) is 1.31. The number of ketones is 1. The normalized spacial score (nSPS) is 40.1. The van der Waals surface area contributed by atoms with Crippen LogP contribution in [0.15, 0.2) is 24.3 Å². The van der Waals surface area contributed by atoms with E-state index in [9.17, 15) is 9.90 Å². The first-order chi connectivity index (χ1) is 11.3. The van der Waals surface area contributed by atoms with E-state index in [0.29, 0.717) is 11.5 Å². The lowest BCUT2D eigenvalue weighted by molar-refractivity contribution is -0.929. The van der Waals surface area contributed by atoms with Crippen LogP contribution < -0.4 is 9.47 Å². The molecule has 1 aromatic carbocycles. The van der Waals surface area contributed by atoms with E-state index >= 15 is 0 Å². The predicted octanol–water partition coefficient (Wildman–Crippen LogP) is 0.969. The van der Waals surface area contributed by atoms with Crippen LogP contribution >= 0.6 is 0 Å². The molecule has 24 heavy (non-hydrogen) atoms. The van der Waals surface area contributed by atoms with Crippen molar-refractivity contribution in [2.75, 3.05) is 27.7 Å². The molecule has 1 N–H and O–H groups in total. The van der Waals surface area contributed by atoms with Gasteiger partial charge in [0.25, 0.3) is 0 Å². The summed E-state index contributed by atoms with van der Waals surface area (Å²) in [5, 5.41) is 11.9. The Morgan fingerprint density at radius 1 is 1.38 bits per heavy atom. The van der Waals surface area contributed by atoms with Crippen LogP contribution in [-0.4, -0.2) is 60.9 Å². The molecule has 0 aromatic heterocycles. The third-order valence-corrected chi connectivity index (χ3v) is 6.88. The van der Waals surface area contributed by atoms with Crippen LogP contribution in [0, 0.1) is 0 Å². The number of hydrogen-bond acceptors (Lipinski definition) is 4. The zero-order chi connectivity index (χ0) is 16.9. The van der Waals surface area contributed by atoms with E-state index in [-0.39, 0.29) is 11.8 Å². The second-order valence-electron chi connectivity index (χ2n) is 8.13. The highest BCUT2D eigenvalue weighted by Crippen LogP contribution is 2.64. The lowest BCUT2D eigenvalue weighted by atomic mass is 9.50. The van der Waals surface area contributed by atoms with Crippen molar-refractivity contribution >= 4 is 5.78 Å². The lowest BCUT2D eigenvalue weighted by Gasteiger charge is -2.61. The number of rotatable bonds is 1. The quantitative estimate of drug-likeness (QED) is 0.781. The lowest BCUT2D eigenvalue weighted by Crippen LogP contribution is -2.78. The summed E-state index contributed by atoms with van der Waals surface area (Å²) in [7, 11) is 5.94. The largest absolute Gasteiger partial charge is 0.493 e. The molecule has 5 nitrogen and oxygen atoms in total. The Kier molecular flexibility index (Phi) is 2.43. The maximum atomic E-state index is 12.7. The average molecular weight is 328 g/mol. The van der Waals surface area contributed by atoms with E-state index in [0.717, 1.165) is 29.4 Å². The molecule has 5 heteroatoms. The maximum Gasteiger partial charge on any atom is 0.197 e. The summed E-state index contributed by atoms with van der Waals surface area (Å²) in [5.74, 6) is 1.24. The molecular formula is C19H22NO4+. The monoisotopic (exact) mass is 328 g/mol. The highest BCUT2D eigenvalue weighted by molar-refractivity contribution is 5.99. The van der Waals surface area contributed by atoms with Gasteiger partial charge in [-0.1, -0.05) is 6.07 Å². The van der Waals surface area contributed by atoms with Gasteiger partial charge in [-0.05, 0) is 23.8 Å². The van der Waals surface area contributed by atoms with Crippen molar-refractivity contribution in [3.63, 3.8) is 0 Å². The van der Waals surface area contributed by atoms with Gasteiger partial charge in [0, 0.05) is 18.4 Å². The number of hydrogen-bond donors (Lipinski definition) is 1. The standard InChI is InChI=1S/C19H22NO4/c1-20(2)9-8-18-15-11-4-5-13(23-3)16(15)24-17(18)12(21)6-7-19(18,22)14(20)10-11/h4-7,14,17,22H,8-10H2,1-3H3/q+1. The molecule has 126 valence electrons. The molecular weight excluding hydrogens is 306 g/mol. The smallest absolute Gasteiger partial charge is 0.197 e. The van der Waals surface area contributed by atoms with Crippen molar-refractivity contribution in [3.05, 3.63) is 35.4 Å². The Labute approximate surface area is 141 Å². The Morgan fingerprint density at radius 2 is 2.17 bits per heavy atom. The average Bonchev–Trinajstić information content (AvgIpc) is 2.90. The SMILES string of the molecule is COc1ccc2c3c1OC1C(=O)C=CC4(O)C(C2)[N+](C)(C)CCC314. The topological polar surface area (TPSA) is 55.8 Å². The number of nitrogens with zero attached hydrogens (tertiary/aromatic N) is 1. The molecule has 5 rings (SSSR count). The van der Waals surface area contributed by atoms with Crippen molar-refractivity contribution in [1.29, 1.82) is 0 Å². The first-order valence-electron chi connectivity index (χ1n) is 8.50. The molecule has 4 aliphatic rings. The van der Waals surface area contributed by atoms with Crippen molar-refractivity contribution in [2.24, 2.45) is 0 Å². The van der Waals surface area contributed by atoms with Crippen LogP contribution in [0.4, 0.5) is 0 Å². The van der Waals surface area contributed by atoms with Gasteiger partial charge in [-0.25, -0.2) is 0 Å². The second kappa shape index (κ2) is 4.03. The van der Waals surface area contributed by atoms with E-state index in [2.05, 4.69) is 20.2 Å². The van der Waals surface area contributed by atoms with E-state index in [4.69, 9.17) is 9.47 Å². The van der Waals surface area contributed by atoms with Gasteiger partial charge >= 0.3 is 0 Å². The third-order valence-electron chi connectivity index (χ3n) is 6.88. The summed E-state index contributed by atoms with van der Waals surface area (Å²) in [6.07, 6.45) is 4.11. The van der Waals surface area contributed by atoms with Crippen LogP contribution in [0.25, 0.3) is 0 Å². The van der Waals surface area contributed by atoms with Crippen LogP contribution in [-0.2, 0) is 16.6 Å². The molecule has 2 aliphatic heterocycles. The molecule has 0 amide bonds. The Balaban J connectivity index is 1.89. The highest BCUT2D eigenvalue weighted by atomic mass is 16.5. The van der Waals surface area contributed by atoms with Gasteiger partial charge in [0.2, 0.25) is 0 Å². The van der Waals surface area contributed by atoms with Gasteiger partial charge in [-0.2, -0.15) is 0 Å². The minimum Gasteiger partial charge on any atom is -0.493 e. The van der Waals surface area contributed by atoms with Crippen molar-refractivity contribution in [2.45, 2.75) is 36.0 Å². The minimum atomic E-state index is -1.07. The number of carbonyl (C=O) groups excluding carboxylic acids is 1. The number of carbonyl (C=O) groups is 1. The first kappa shape index (κ1) is 14.5. The van der Waals surface area contributed by atoms with Crippen molar-refractivity contribution in [1.82, 2.24) is 0 Å². The van der Waals surface area contributed by atoms with E-state index in [1.807, 2.05) is 6.07 Å². The van der Waals surface area contributed by atoms with Gasteiger partial charge in [0.1, 0.15) is 11.6 Å². The number of benzene rings is 1. The number of ether oxygens (including phenoxy) is 2. The molecule has 2 aliphatic carbocycles. The number of piperidine rings is 1. The molecule has 1 spiro atoms. The van der Waals surface area contributed by atoms with Crippen LogP contribution in [0.1, 0.15) is 17.5 Å². The zero-order valence-electron chi connectivity index (χ0n) is 14.2. The van der Waals surface area contributed by atoms with Gasteiger partial charge < -0.3 is 19.1 Å². The zero-order valence-corrected chi connectivity index (χ0v) is 14.2. The Morgan fingerprint density at radius 3 is 2.92 bits per heavy atom. The molecule has 0 saturated carbocycles. The fraction of sp³-hybridized carbons (Fsp3) is 0.526. The summed E-state index contributed by atoms with van der Waals surface area (Å²) < 4.78 is 12.4. The van der Waals surface area contributed by atoms with E-state index in [1.165, 1.54) is 11.6 Å². The number of methoxy groups -OCH3 is 1. The van der Waals surface area contributed by atoms with Gasteiger partial charge in [0.15, 0.2) is 23.4 Å². The molecule has 1 aromatic rings. The number of likely N-dealkylation sites (N-methyl/N-ethyl adjacent to an activating group) is 1. The maximum absolute atomic E-state index is 12.7. The van der Waals surface area contributed by atoms with Crippen molar-refractivity contribution < 1.29 is 23.9 Å². The molecule has 1 saturated heterocycles. The molecule has 4 atom stereocenters. The summed E-state index contributed by atoms with van der Waals surface area (Å²) >= 11 is 0. The van der Waals surface area contributed by atoms with Crippen molar-refractivity contribution in [3.8, 4) is 11.5 Å². The highest BCUT2D eigenvalue weighted by Gasteiger charge is 2.74. The summed E-state index contributed by atoms with van der Waals surface area (Å²) in [6.45, 7) is 0.907.